The number of rotatable bonds is 18. The van der Waals surface area contributed by atoms with Gasteiger partial charge in [0.15, 0.2) is 0 Å². The van der Waals surface area contributed by atoms with Gasteiger partial charge in [-0.2, -0.15) is 0 Å². The lowest BCUT2D eigenvalue weighted by Gasteiger charge is -2.13. The van der Waals surface area contributed by atoms with E-state index in [1.807, 2.05) is 0 Å². The zero-order valence-corrected chi connectivity index (χ0v) is 26.1. The fourth-order valence-corrected chi connectivity index (χ4v) is 4.51. The minimum absolute atomic E-state index is 0.222. The number of fused-ring (bicyclic) bond motifs is 2. The third kappa shape index (κ3) is 8.01. The number of hydrogen-bond acceptors (Lipinski definition) is 9. The maximum absolute atomic E-state index is 13.8. The average molecular weight is 607 g/mol. The highest BCUT2D eigenvalue weighted by molar-refractivity contribution is 6.11. The van der Waals surface area contributed by atoms with E-state index in [9.17, 15) is 14.4 Å². The number of benzene rings is 2. The molecule has 4 aromatic rings. The SMILES string of the molecule is CCCCOc1cc(OCCCC)c2cc(C(=O)c3cc4c(OCCCC)cc(OCCCC)cc4oc3=O)c(=O)oc2c1. The van der Waals surface area contributed by atoms with Crippen LogP contribution >= 0.6 is 0 Å². The number of hydrogen-bond donors (Lipinski definition) is 0. The summed E-state index contributed by atoms with van der Waals surface area (Å²) in [6, 6.07) is 9.50. The van der Waals surface area contributed by atoms with E-state index in [0.29, 0.717) is 60.2 Å². The van der Waals surface area contributed by atoms with Crippen molar-refractivity contribution in [3.63, 3.8) is 0 Å². The molecular weight excluding hydrogens is 564 g/mol. The van der Waals surface area contributed by atoms with Gasteiger partial charge in [-0.3, -0.25) is 4.79 Å². The van der Waals surface area contributed by atoms with Gasteiger partial charge in [0.05, 0.1) is 37.2 Å². The predicted octanol–water partition coefficient (Wildman–Crippen LogP) is 7.85. The highest BCUT2D eigenvalue weighted by Crippen LogP contribution is 2.34. The summed E-state index contributed by atoms with van der Waals surface area (Å²) in [4.78, 5) is 40.0. The maximum atomic E-state index is 13.8. The van der Waals surface area contributed by atoms with Crippen LogP contribution in [0.4, 0.5) is 0 Å². The molecule has 0 saturated carbocycles. The Hall–Kier alpha value is -4.27. The molecule has 44 heavy (non-hydrogen) atoms. The Bertz CT molecular complexity index is 1560. The van der Waals surface area contributed by atoms with Crippen LogP contribution in [0.15, 0.2) is 54.8 Å². The number of carbonyl (C=O) groups excluding carboxylic acids is 1. The fourth-order valence-electron chi connectivity index (χ4n) is 4.51. The van der Waals surface area contributed by atoms with Crippen LogP contribution in [-0.4, -0.2) is 32.2 Å². The predicted molar refractivity (Wildman–Crippen MR) is 170 cm³/mol. The molecule has 2 aromatic carbocycles. The van der Waals surface area contributed by atoms with Crippen molar-refractivity contribution in [1.29, 1.82) is 0 Å². The van der Waals surface area contributed by atoms with Crippen LogP contribution in [-0.2, 0) is 0 Å². The van der Waals surface area contributed by atoms with Gasteiger partial charge < -0.3 is 27.8 Å². The summed E-state index contributed by atoms with van der Waals surface area (Å²) in [7, 11) is 0. The molecule has 9 nitrogen and oxygen atoms in total. The monoisotopic (exact) mass is 606 g/mol. The van der Waals surface area contributed by atoms with Crippen molar-refractivity contribution in [2.45, 2.75) is 79.1 Å². The van der Waals surface area contributed by atoms with E-state index in [2.05, 4.69) is 27.7 Å². The Morgan fingerprint density at radius 1 is 0.545 bits per heavy atom. The standard InChI is InChI=1S/C35H42O9/c1-5-9-13-39-23-17-29(41-15-11-7-3)25-21-27(34(37)43-31(25)19-23)33(36)28-22-26-30(42-16-12-8-4)18-24(40-14-10-6-2)20-32(26)44-35(28)38/h17-22H,5-16H2,1-4H3. The van der Waals surface area contributed by atoms with Crippen LogP contribution in [0, 0.1) is 0 Å². The van der Waals surface area contributed by atoms with Crippen LogP contribution in [0.5, 0.6) is 23.0 Å². The topological polar surface area (TPSA) is 114 Å². The van der Waals surface area contributed by atoms with Gasteiger partial charge in [0.2, 0.25) is 5.78 Å². The zero-order chi connectivity index (χ0) is 31.5. The van der Waals surface area contributed by atoms with Gasteiger partial charge in [0.25, 0.3) is 0 Å². The quantitative estimate of drug-likeness (QED) is 0.0634. The van der Waals surface area contributed by atoms with E-state index in [0.717, 1.165) is 51.4 Å². The molecule has 0 aliphatic carbocycles. The molecule has 0 radical (unpaired) electrons. The lowest BCUT2D eigenvalue weighted by atomic mass is 10.0. The molecule has 0 atom stereocenters. The van der Waals surface area contributed by atoms with E-state index in [-0.39, 0.29) is 22.3 Å². The summed E-state index contributed by atoms with van der Waals surface area (Å²) in [6.45, 7) is 10.1. The Morgan fingerprint density at radius 3 is 1.27 bits per heavy atom. The number of ketones is 1. The smallest absolute Gasteiger partial charge is 0.347 e. The number of ether oxygens (including phenoxy) is 4. The van der Waals surface area contributed by atoms with Crippen molar-refractivity contribution < 1.29 is 32.6 Å². The summed E-state index contributed by atoms with van der Waals surface area (Å²) in [5.41, 5.74) is -1.94. The van der Waals surface area contributed by atoms with Gasteiger partial charge >= 0.3 is 11.3 Å². The van der Waals surface area contributed by atoms with Gasteiger partial charge in [-0.25, -0.2) is 9.59 Å². The van der Waals surface area contributed by atoms with Gasteiger partial charge in [-0.15, -0.1) is 0 Å². The first-order chi connectivity index (χ1) is 21.4. The summed E-state index contributed by atoms with van der Waals surface area (Å²) in [5.74, 6) is 1.04. The Morgan fingerprint density at radius 2 is 0.909 bits per heavy atom. The lowest BCUT2D eigenvalue weighted by molar-refractivity contribution is 0.103. The minimum atomic E-state index is -0.883. The second-order valence-corrected chi connectivity index (χ2v) is 10.7. The van der Waals surface area contributed by atoms with E-state index in [1.54, 1.807) is 24.3 Å². The Kier molecular flexibility index (Phi) is 11.9. The van der Waals surface area contributed by atoms with Crippen LogP contribution in [0.2, 0.25) is 0 Å². The van der Waals surface area contributed by atoms with Crippen molar-refractivity contribution in [3.05, 3.63) is 68.4 Å². The minimum Gasteiger partial charge on any atom is -0.493 e. The number of carbonyl (C=O) groups is 1. The van der Waals surface area contributed by atoms with Crippen LogP contribution in [0.1, 0.15) is 95.0 Å². The first-order valence-electron chi connectivity index (χ1n) is 15.7. The Balaban J connectivity index is 1.78. The first kappa shape index (κ1) is 32.6. The summed E-state index contributed by atoms with van der Waals surface area (Å²) in [5, 5.41) is 0.851. The molecular formula is C35H42O9. The summed E-state index contributed by atoms with van der Waals surface area (Å²) < 4.78 is 34.9. The lowest BCUT2D eigenvalue weighted by Crippen LogP contribution is -2.21. The maximum Gasteiger partial charge on any atom is 0.347 e. The molecule has 0 N–H and O–H groups in total. The van der Waals surface area contributed by atoms with Crippen molar-refractivity contribution in [3.8, 4) is 23.0 Å². The Labute approximate surface area is 257 Å². The average Bonchev–Trinajstić information content (AvgIpc) is 3.00. The van der Waals surface area contributed by atoms with Gasteiger partial charge in [-0.1, -0.05) is 53.4 Å². The molecule has 0 spiro atoms. The molecule has 0 unspecified atom stereocenters. The van der Waals surface area contributed by atoms with E-state index in [4.69, 9.17) is 27.8 Å². The van der Waals surface area contributed by atoms with Gasteiger partial charge in [0, 0.05) is 24.3 Å². The van der Waals surface area contributed by atoms with E-state index in [1.165, 1.54) is 12.1 Å². The molecule has 0 saturated heterocycles. The number of unbranched alkanes of at least 4 members (excludes halogenated alkanes) is 4. The van der Waals surface area contributed by atoms with Crippen LogP contribution in [0.25, 0.3) is 21.9 Å². The van der Waals surface area contributed by atoms with Crippen LogP contribution < -0.4 is 30.2 Å². The molecule has 2 aromatic heterocycles. The summed E-state index contributed by atoms with van der Waals surface area (Å²) in [6.07, 6.45) is 7.17. The molecule has 0 bridgehead atoms. The molecule has 0 amide bonds. The van der Waals surface area contributed by atoms with Crippen LogP contribution in [0.3, 0.4) is 0 Å². The van der Waals surface area contributed by atoms with Gasteiger partial charge in [-0.05, 0) is 37.8 Å². The molecule has 9 heteroatoms. The normalized spacial score (nSPS) is 11.2. The molecule has 0 aliphatic heterocycles. The molecule has 0 fully saturated rings. The van der Waals surface area contributed by atoms with Crippen molar-refractivity contribution >= 4 is 27.7 Å². The highest BCUT2D eigenvalue weighted by Gasteiger charge is 2.23. The van der Waals surface area contributed by atoms with E-state index >= 15 is 0 Å². The highest BCUT2D eigenvalue weighted by atomic mass is 16.5. The zero-order valence-electron chi connectivity index (χ0n) is 26.1. The third-order valence-corrected chi connectivity index (χ3v) is 7.11. The molecule has 4 rings (SSSR count). The molecule has 0 aliphatic rings. The first-order valence-corrected chi connectivity index (χ1v) is 15.7. The van der Waals surface area contributed by atoms with Crippen molar-refractivity contribution in [1.82, 2.24) is 0 Å². The van der Waals surface area contributed by atoms with Crippen molar-refractivity contribution in [2.24, 2.45) is 0 Å². The second kappa shape index (κ2) is 16.0. The third-order valence-electron chi connectivity index (χ3n) is 7.11. The van der Waals surface area contributed by atoms with Gasteiger partial charge in [0.1, 0.15) is 45.3 Å². The molecule has 236 valence electrons. The molecule has 2 heterocycles. The fraction of sp³-hybridized carbons (Fsp3) is 0.457. The largest absolute Gasteiger partial charge is 0.493 e. The van der Waals surface area contributed by atoms with Crippen molar-refractivity contribution in [2.75, 3.05) is 26.4 Å². The van der Waals surface area contributed by atoms with E-state index < -0.39 is 17.0 Å². The second-order valence-electron chi connectivity index (χ2n) is 10.7. The summed E-state index contributed by atoms with van der Waals surface area (Å²) >= 11 is 0.